The van der Waals surface area contributed by atoms with E-state index in [1.807, 2.05) is 13.0 Å². The first-order chi connectivity index (χ1) is 11.9. The molecule has 144 valence electrons. The Morgan fingerprint density at radius 3 is 2.65 bits per heavy atom. The molecule has 2 aliphatic rings. The molecule has 0 aromatic heterocycles. The molecule has 0 saturated heterocycles. The molecule has 3 rings (SSSR count). The highest BCUT2D eigenvalue weighted by Gasteiger charge is 2.48. The second-order valence-corrected chi connectivity index (χ2v) is 6.91. The molecule has 1 unspecified atom stereocenters. The molecule has 1 aromatic carbocycles. The fourth-order valence-electron chi connectivity index (χ4n) is 3.64. The summed E-state index contributed by atoms with van der Waals surface area (Å²) >= 11 is 0. The van der Waals surface area contributed by atoms with Crippen molar-refractivity contribution in [2.45, 2.75) is 37.8 Å². The van der Waals surface area contributed by atoms with Crippen molar-refractivity contribution in [3.05, 3.63) is 29.1 Å². The third-order valence-electron chi connectivity index (χ3n) is 5.18. The Kier molecular flexibility index (Phi) is 6.13. The number of fused-ring (bicyclic) bond motifs is 1. The van der Waals surface area contributed by atoms with E-state index in [9.17, 15) is 14.0 Å². The fraction of sp³-hybridized carbons (Fsp3) is 0.556. The van der Waals surface area contributed by atoms with E-state index >= 15 is 0 Å². The van der Waals surface area contributed by atoms with E-state index in [0.717, 1.165) is 5.56 Å². The number of nitrogens with one attached hydrogen (secondary N) is 2. The average molecular weight is 387 g/mol. The lowest BCUT2D eigenvalue weighted by molar-refractivity contribution is -0.165. The summed E-state index contributed by atoms with van der Waals surface area (Å²) in [7, 11) is 2.93. The van der Waals surface area contributed by atoms with Crippen LogP contribution in [0.25, 0.3) is 0 Å². The Morgan fingerprint density at radius 2 is 2.04 bits per heavy atom. The van der Waals surface area contributed by atoms with Gasteiger partial charge in [-0.15, -0.1) is 12.4 Å². The maximum absolute atomic E-state index is 14.0. The topological polar surface area (TPSA) is 76.7 Å². The third kappa shape index (κ3) is 3.78. The van der Waals surface area contributed by atoms with Crippen molar-refractivity contribution in [3.8, 4) is 0 Å². The molecule has 1 aliphatic carbocycles. The highest BCUT2D eigenvalue weighted by molar-refractivity contribution is 5.87. The van der Waals surface area contributed by atoms with E-state index in [2.05, 4.69) is 10.6 Å². The minimum absolute atomic E-state index is 0. The molecular weight excluding hydrogens is 363 g/mol. The number of benzene rings is 1. The summed E-state index contributed by atoms with van der Waals surface area (Å²) in [4.78, 5) is 24.0. The minimum atomic E-state index is -0.540. The monoisotopic (exact) mass is 386 g/mol. The van der Waals surface area contributed by atoms with E-state index in [1.165, 1.54) is 13.2 Å². The number of carbonyl (C=O) groups is 2. The van der Waals surface area contributed by atoms with E-state index in [4.69, 9.17) is 9.47 Å². The number of methoxy groups -OCH3 is 2. The van der Waals surface area contributed by atoms with Crippen LogP contribution in [0.5, 0.6) is 0 Å². The van der Waals surface area contributed by atoms with Crippen molar-refractivity contribution in [2.75, 3.05) is 26.1 Å². The van der Waals surface area contributed by atoms with Gasteiger partial charge in [0.05, 0.1) is 18.6 Å². The zero-order chi connectivity index (χ0) is 18.2. The minimum Gasteiger partial charge on any atom is -0.469 e. The second-order valence-electron chi connectivity index (χ2n) is 6.91. The number of aryl methyl sites for hydroxylation is 1. The van der Waals surface area contributed by atoms with Gasteiger partial charge in [-0.2, -0.15) is 0 Å². The van der Waals surface area contributed by atoms with E-state index in [0.29, 0.717) is 37.1 Å². The van der Waals surface area contributed by atoms with E-state index < -0.39 is 11.6 Å². The molecular formula is C18H24ClFN2O4. The lowest BCUT2D eigenvalue weighted by atomic mass is 9.70. The summed E-state index contributed by atoms with van der Waals surface area (Å²) in [6.07, 6.45) is 1.35. The highest BCUT2D eigenvalue weighted by Crippen LogP contribution is 2.40. The summed E-state index contributed by atoms with van der Waals surface area (Å²) in [6.45, 7) is 2.13. The molecule has 8 heteroatoms. The Bertz CT molecular complexity index is 707. The van der Waals surface area contributed by atoms with Gasteiger partial charge < -0.3 is 20.1 Å². The molecule has 0 radical (unpaired) electrons. The smallest absolute Gasteiger partial charge is 0.308 e. The van der Waals surface area contributed by atoms with Crippen LogP contribution in [0.1, 0.15) is 24.0 Å². The SMILES string of the molecule is COC(=O)C1CC(CNC(=O)C2Cc3c(F)cc(C)cc3N2)(OC)C1.Cl. The van der Waals surface area contributed by atoms with Crippen LogP contribution in [0.3, 0.4) is 0 Å². The van der Waals surface area contributed by atoms with Crippen LogP contribution in [0, 0.1) is 18.7 Å². The van der Waals surface area contributed by atoms with Crippen molar-refractivity contribution in [3.63, 3.8) is 0 Å². The van der Waals surface area contributed by atoms with Crippen molar-refractivity contribution in [1.29, 1.82) is 0 Å². The number of rotatable bonds is 5. The maximum atomic E-state index is 14.0. The molecule has 0 bridgehead atoms. The summed E-state index contributed by atoms with van der Waals surface area (Å²) in [5, 5.41) is 5.94. The lowest BCUT2D eigenvalue weighted by Gasteiger charge is -2.45. The first-order valence-electron chi connectivity index (χ1n) is 8.34. The summed E-state index contributed by atoms with van der Waals surface area (Å²) in [6, 6.07) is 2.81. The van der Waals surface area contributed by atoms with Crippen LogP contribution in [0.4, 0.5) is 10.1 Å². The van der Waals surface area contributed by atoms with E-state index in [-0.39, 0.29) is 36.0 Å². The van der Waals surface area contributed by atoms with E-state index in [1.54, 1.807) is 7.11 Å². The third-order valence-corrected chi connectivity index (χ3v) is 5.18. The molecule has 1 amide bonds. The zero-order valence-corrected chi connectivity index (χ0v) is 15.9. The number of anilines is 1. The van der Waals surface area contributed by atoms with Crippen LogP contribution in [-0.2, 0) is 25.5 Å². The molecule has 26 heavy (non-hydrogen) atoms. The Balaban J connectivity index is 0.00000243. The normalized spacial score (nSPS) is 26.0. The number of hydrogen-bond acceptors (Lipinski definition) is 5. The molecule has 1 aliphatic heterocycles. The van der Waals surface area contributed by atoms with Gasteiger partial charge in [0, 0.05) is 31.3 Å². The average Bonchev–Trinajstić information content (AvgIpc) is 2.97. The van der Waals surface area contributed by atoms with Gasteiger partial charge in [0.25, 0.3) is 0 Å². The first kappa shape index (κ1) is 20.5. The number of halogens is 2. The molecule has 6 nitrogen and oxygen atoms in total. The number of amides is 1. The Labute approximate surface area is 158 Å². The number of esters is 1. The molecule has 1 aromatic rings. The van der Waals surface area contributed by atoms with Crippen molar-refractivity contribution >= 4 is 30.0 Å². The van der Waals surface area contributed by atoms with Crippen LogP contribution in [0.2, 0.25) is 0 Å². The molecule has 1 atom stereocenters. The number of hydrogen-bond donors (Lipinski definition) is 2. The van der Waals surface area contributed by atoms with Crippen molar-refractivity contribution in [1.82, 2.24) is 5.32 Å². The molecule has 1 heterocycles. The molecule has 2 N–H and O–H groups in total. The van der Waals surface area contributed by atoms with Crippen LogP contribution >= 0.6 is 12.4 Å². The van der Waals surface area contributed by atoms with Crippen molar-refractivity contribution < 1.29 is 23.5 Å². The Hall–Kier alpha value is -1.86. The Morgan fingerprint density at radius 1 is 1.35 bits per heavy atom. The van der Waals surface area contributed by atoms with Gasteiger partial charge in [-0.05, 0) is 37.5 Å². The number of ether oxygens (including phenoxy) is 2. The van der Waals surface area contributed by atoms with Crippen molar-refractivity contribution in [2.24, 2.45) is 5.92 Å². The van der Waals surface area contributed by atoms with Gasteiger partial charge in [0.1, 0.15) is 11.9 Å². The number of carbonyl (C=O) groups excluding carboxylic acids is 2. The quantitative estimate of drug-likeness (QED) is 0.757. The summed E-state index contributed by atoms with van der Waals surface area (Å²) in [5.74, 6) is -0.928. The lowest BCUT2D eigenvalue weighted by Crippen LogP contribution is -2.56. The predicted molar refractivity (Wildman–Crippen MR) is 97.0 cm³/mol. The van der Waals surface area contributed by atoms with Crippen LogP contribution < -0.4 is 10.6 Å². The van der Waals surface area contributed by atoms with Crippen LogP contribution in [0.15, 0.2) is 12.1 Å². The standard InChI is InChI=1S/C18H23FN2O4.ClH/c1-10-4-13(19)12-6-15(21-14(12)5-10)16(22)20-9-18(25-3)7-11(8-18)17(23)24-2;/h4-5,11,15,21H,6-9H2,1-3H3,(H,20,22);1H. The summed E-state index contributed by atoms with van der Waals surface area (Å²) < 4.78 is 24.2. The van der Waals surface area contributed by atoms with Gasteiger partial charge in [-0.3, -0.25) is 9.59 Å². The predicted octanol–water partition coefficient (Wildman–Crippen LogP) is 1.98. The highest BCUT2D eigenvalue weighted by atomic mass is 35.5. The van der Waals surface area contributed by atoms with Gasteiger partial charge in [-0.1, -0.05) is 0 Å². The maximum Gasteiger partial charge on any atom is 0.308 e. The summed E-state index contributed by atoms with van der Waals surface area (Å²) in [5.41, 5.74) is 1.49. The second kappa shape index (κ2) is 7.80. The zero-order valence-electron chi connectivity index (χ0n) is 15.1. The molecule has 0 spiro atoms. The fourth-order valence-corrected chi connectivity index (χ4v) is 3.64. The van der Waals surface area contributed by atoms with Gasteiger partial charge in [-0.25, -0.2) is 4.39 Å². The molecule has 1 fully saturated rings. The largest absolute Gasteiger partial charge is 0.469 e. The molecule has 1 saturated carbocycles. The first-order valence-corrected chi connectivity index (χ1v) is 8.34. The van der Waals surface area contributed by atoms with Crippen LogP contribution in [-0.4, -0.2) is 44.3 Å². The van der Waals surface area contributed by atoms with Gasteiger partial charge in [0.15, 0.2) is 0 Å². The van der Waals surface area contributed by atoms with Gasteiger partial charge in [0.2, 0.25) is 5.91 Å². The van der Waals surface area contributed by atoms with Gasteiger partial charge >= 0.3 is 5.97 Å².